The Morgan fingerprint density at radius 3 is 2.47 bits per heavy atom. The standard InChI is InChI=1S/C12H23N2.C3H4N2/c1-3-4-5-6-7-8-9-14-11-10-13(2)12-14;1-2-5-3-4-1/h10-12H,3-9H2,1-2H3;1-3H,(H,4,5)/q+1;. The van der Waals surface area contributed by atoms with E-state index in [1.165, 1.54) is 45.1 Å². The molecule has 0 aliphatic rings. The van der Waals surface area contributed by atoms with Gasteiger partial charge in [-0.1, -0.05) is 32.6 Å². The average Bonchev–Trinajstić information content (AvgIpc) is 3.08. The highest BCUT2D eigenvalue weighted by atomic mass is 15.1. The first-order valence-electron chi connectivity index (χ1n) is 7.26. The van der Waals surface area contributed by atoms with Crippen molar-refractivity contribution in [2.75, 3.05) is 0 Å². The largest absolute Gasteiger partial charge is 0.351 e. The quantitative estimate of drug-likeness (QED) is 0.605. The summed E-state index contributed by atoms with van der Waals surface area (Å²) in [6.45, 7) is 3.44. The van der Waals surface area contributed by atoms with Gasteiger partial charge in [-0.3, -0.25) is 0 Å². The van der Waals surface area contributed by atoms with Crippen molar-refractivity contribution in [3.05, 3.63) is 37.4 Å². The van der Waals surface area contributed by atoms with Crippen LogP contribution in [0.25, 0.3) is 0 Å². The number of H-pyrrole nitrogens is 1. The molecule has 4 heteroatoms. The maximum Gasteiger partial charge on any atom is 0.243 e. The molecule has 0 atom stereocenters. The number of imidazole rings is 2. The van der Waals surface area contributed by atoms with Crippen LogP contribution in [0.15, 0.2) is 37.4 Å². The van der Waals surface area contributed by atoms with E-state index in [0.29, 0.717) is 0 Å². The third-order valence-corrected chi connectivity index (χ3v) is 3.00. The molecule has 0 saturated carbocycles. The zero-order valence-corrected chi connectivity index (χ0v) is 12.3. The minimum absolute atomic E-state index is 1.17. The van der Waals surface area contributed by atoms with Crippen LogP contribution in [0.5, 0.6) is 0 Å². The molecule has 106 valence electrons. The third-order valence-electron chi connectivity index (χ3n) is 3.00. The Kier molecular flexibility index (Phi) is 8.43. The van der Waals surface area contributed by atoms with Crippen molar-refractivity contribution in [1.29, 1.82) is 0 Å². The van der Waals surface area contributed by atoms with Gasteiger partial charge in [0.15, 0.2) is 0 Å². The number of nitrogens with one attached hydrogen (secondary N) is 1. The highest BCUT2D eigenvalue weighted by Gasteiger charge is 1.98. The molecule has 0 radical (unpaired) electrons. The molecule has 0 aliphatic heterocycles. The Bertz CT molecular complexity index is 375. The van der Waals surface area contributed by atoms with Gasteiger partial charge >= 0.3 is 0 Å². The zero-order chi connectivity index (χ0) is 13.8. The maximum atomic E-state index is 3.67. The number of aromatic amines is 1. The van der Waals surface area contributed by atoms with Crippen molar-refractivity contribution in [2.45, 2.75) is 52.0 Å². The summed E-state index contributed by atoms with van der Waals surface area (Å²) >= 11 is 0. The predicted octanol–water partition coefficient (Wildman–Crippen LogP) is 3.08. The minimum atomic E-state index is 1.17. The lowest BCUT2D eigenvalue weighted by molar-refractivity contribution is -0.671. The second-order valence-electron chi connectivity index (χ2n) is 4.85. The Morgan fingerprint density at radius 1 is 1.16 bits per heavy atom. The highest BCUT2D eigenvalue weighted by Crippen LogP contribution is 2.05. The Morgan fingerprint density at radius 2 is 1.95 bits per heavy atom. The fourth-order valence-corrected chi connectivity index (χ4v) is 1.92. The third kappa shape index (κ3) is 8.19. The Balaban J connectivity index is 0.000000300. The molecule has 0 aliphatic carbocycles. The summed E-state index contributed by atoms with van der Waals surface area (Å²) in [7, 11) is 2.07. The van der Waals surface area contributed by atoms with Crippen LogP contribution in [0.1, 0.15) is 45.4 Å². The van der Waals surface area contributed by atoms with Crippen LogP contribution in [0.4, 0.5) is 0 Å². The van der Waals surface area contributed by atoms with E-state index in [4.69, 9.17) is 0 Å². The Labute approximate surface area is 116 Å². The monoisotopic (exact) mass is 263 g/mol. The lowest BCUT2D eigenvalue weighted by atomic mass is 10.1. The molecule has 0 aromatic carbocycles. The molecule has 2 rings (SSSR count). The van der Waals surface area contributed by atoms with Crippen molar-refractivity contribution in [1.82, 2.24) is 14.5 Å². The summed E-state index contributed by atoms with van der Waals surface area (Å²) in [5.41, 5.74) is 0. The van der Waals surface area contributed by atoms with Gasteiger partial charge in [0.2, 0.25) is 6.33 Å². The first-order chi connectivity index (χ1) is 9.33. The van der Waals surface area contributed by atoms with E-state index in [1.54, 1.807) is 18.7 Å². The maximum absolute atomic E-state index is 3.67. The van der Waals surface area contributed by atoms with Crippen molar-refractivity contribution >= 4 is 0 Å². The van der Waals surface area contributed by atoms with Gasteiger partial charge in [0, 0.05) is 12.4 Å². The van der Waals surface area contributed by atoms with Crippen LogP contribution in [0, 0.1) is 0 Å². The predicted molar refractivity (Wildman–Crippen MR) is 77.6 cm³/mol. The molecule has 0 amide bonds. The number of unbranched alkanes of at least 4 members (excludes halogenated alkanes) is 5. The highest BCUT2D eigenvalue weighted by molar-refractivity contribution is 4.65. The van der Waals surface area contributed by atoms with Crippen molar-refractivity contribution in [3.8, 4) is 0 Å². The summed E-state index contributed by atoms with van der Waals surface area (Å²) < 4.78 is 4.36. The second kappa shape index (κ2) is 10.4. The molecule has 0 spiro atoms. The van der Waals surface area contributed by atoms with Crippen LogP contribution in [-0.4, -0.2) is 14.5 Å². The molecule has 4 nitrogen and oxygen atoms in total. The lowest BCUT2D eigenvalue weighted by Gasteiger charge is -1.98. The summed E-state index contributed by atoms with van der Waals surface area (Å²) in [4.78, 5) is 6.42. The zero-order valence-electron chi connectivity index (χ0n) is 12.3. The molecule has 2 heterocycles. The van der Waals surface area contributed by atoms with Crippen molar-refractivity contribution in [3.63, 3.8) is 0 Å². The van der Waals surface area contributed by atoms with Gasteiger partial charge in [-0.2, -0.15) is 0 Å². The average molecular weight is 263 g/mol. The van der Waals surface area contributed by atoms with E-state index >= 15 is 0 Å². The van der Waals surface area contributed by atoms with Crippen LogP contribution in [-0.2, 0) is 13.6 Å². The number of rotatable bonds is 7. The molecular formula is C15H27N4+. The number of aromatic nitrogens is 4. The first-order valence-corrected chi connectivity index (χ1v) is 7.26. The van der Waals surface area contributed by atoms with Gasteiger partial charge in [0.1, 0.15) is 12.4 Å². The van der Waals surface area contributed by atoms with Gasteiger partial charge in [0.25, 0.3) is 0 Å². The first kappa shape index (κ1) is 15.5. The molecule has 0 fully saturated rings. The van der Waals surface area contributed by atoms with E-state index in [-0.39, 0.29) is 0 Å². The van der Waals surface area contributed by atoms with E-state index in [0.717, 1.165) is 0 Å². The van der Waals surface area contributed by atoms with E-state index in [1.807, 2.05) is 0 Å². The number of aryl methyl sites for hydroxylation is 2. The molecule has 0 unspecified atom stereocenters. The van der Waals surface area contributed by atoms with Crippen molar-refractivity contribution in [2.24, 2.45) is 7.05 Å². The van der Waals surface area contributed by atoms with E-state index in [2.05, 4.69) is 51.8 Å². The smallest absolute Gasteiger partial charge is 0.243 e. The van der Waals surface area contributed by atoms with Crippen LogP contribution in [0.3, 0.4) is 0 Å². The number of hydrogen-bond donors (Lipinski definition) is 1. The SMILES string of the molecule is CCCCCCCCn1cc[n+](C)c1.c1c[nH]cn1. The second-order valence-corrected chi connectivity index (χ2v) is 4.85. The van der Waals surface area contributed by atoms with Crippen LogP contribution in [0.2, 0.25) is 0 Å². The van der Waals surface area contributed by atoms with Gasteiger partial charge in [-0.25, -0.2) is 14.1 Å². The molecule has 2 aromatic heterocycles. The van der Waals surface area contributed by atoms with Crippen LogP contribution < -0.4 is 4.57 Å². The molecular weight excluding hydrogens is 236 g/mol. The molecule has 0 bridgehead atoms. The van der Waals surface area contributed by atoms with Gasteiger partial charge < -0.3 is 4.98 Å². The summed E-state index contributed by atoms with van der Waals surface area (Å²) in [5.74, 6) is 0. The molecule has 2 aromatic rings. The van der Waals surface area contributed by atoms with Gasteiger partial charge in [0.05, 0.1) is 19.9 Å². The summed E-state index contributed by atoms with van der Waals surface area (Å²) in [6, 6.07) is 0. The number of hydrogen-bond acceptors (Lipinski definition) is 1. The van der Waals surface area contributed by atoms with E-state index < -0.39 is 0 Å². The molecule has 19 heavy (non-hydrogen) atoms. The number of nitrogens with zero attached hydrogens (tertiary/aromatic N) is 3. The summed E-state index contributed by atoms with van der Waals surface area (Å²) in [6.07, 6.45) is 19.7. The topological polar surface area (TPSA) is 37.5 Å². The van der Waals surface area contributed by atoms with Gasteiger partial charge in [-0.05, 0) is 12.8 Å². The van der Waals surface area contributed by atoms with Crippen LogP contribution >= 0.6 is 0 Å². The van der Waals surface area contributed by atoms with Crippen molar-refractivity contribution < 1.29 is 4.57 Å². The fraction of sp³-hybridized carbons (Fsp3) is 0.600. The fourth-order valence-electron chi connectivity index (χ4n) is 1.92. The molecule has 0 saturated heterocycles. The minimum Gasteiger partial charge on any atom is -0.351 e. The Hall–Kier alpha value is -1.58. The lowest BCUT2D eigenvalue weighted by Crippen LogP contribution is -2.23. The van der Waals surface area contributed by atoms with E-state index in [9.17, 15) is 0 Å². The normalized spacial score (nSPS) is 10.0. The van der Waals surface area contributed by atoms with Gasteiger partial charge in [-0.15, -0.1) is 0 Å². The molecule has 1 N–H and O–H groups in total. The summed E-state index contributed by atoms with van der Waals surface area (Å²) in [5, 5.41) is 0.